The minimum atomic E-state index is -0.491. The van der Waals surface area contributed by atoms with E-state index >= 15 is 0 Å². The molecule has 2 aromatic carbocycles. The molecule has 31 heavy (non-hydrogen) atoms. The highest BCUT2D eigenvalue weighted by Crippen LogP contribution is 2.27. The summed E-state index contributed by atoms with van der Waals surface area (Å²) in [6.07, 6.45) is 0.616. The van der Waals surface area contributed by atoms with Crippen LogP contribution in [0, 0.1) is 5.92 Å². The topological polar surface area (TPSA) is 56.6 Å². The van der Waals surface area contributed by atoms with E-state index in [1.165, 1.54) is 0 Å². The zero-order valence-electron chi connectivity index (χ0n) is 18.2. The Morgan fingerprint density at radius 1 is 1.16 bits per heavy atom. The van der Waals surface area contributed by atoms with Crippen molar-refractivity contribution in [3.8, 4) is 6.01 Å². The van der Waals surface area contributed by atoms with Crippen LogP contribution in [0.15, 0.2) is 48.5 Å². The van der Waals surface area contributed by atoms with Gasteiger partial charge in [0.05, 0.1) is 24.2 Å². The number of hydrogen-bond acceptors (Lipinski definition) is 4. The molecule has 7 heteroatoms. The number of fused-ring (bicyclic) bond motifs is 1. The van der Waals surface area contributed by atoms with Crippen LogP contribution in [-0.4, -0.2) is 45.8 Å². The number of hydrogen-bond donors (Lipinski definition) is 0. The van der Waals surface area contributed by atoms with Crippen molar-refractivity contribution in [1.29, 1.82) is 0 Å². The van der Waals surface area contributed by atoms with Crippen molar-refractivity contribution in [3.63, 3.8) is 0 Å². The Morgan fingerprint density at radius 3 is 2.68 bits per heavy atom. The van der Waals surface area contributed by atoms with Gasteiger partial charge >= 0.3 is 6.09 Å². The Morgan fingerprint density at radius 2 is 1.90 bits per heavy atom. The van der Waals surface area contributed by atoms with Gasteiger partial charge in [-0.25, -0.2) is 4.79 Å². The molecule has 1 atom stereocenters. The summed E-state index contributed by atoms with van der Waals surface area (Å²) in [7, 11) is 0. The lowest BCUT2D eigenvalue weighted by Crippen LogP contribution is -2.35. The summed E-state index contributed by atoms with van der Waals surface area (Å²) in [4.78, 5) is 18.8. The van der Waals surface area contributed by atoms with Crippen LogP contribution in [0.1, 0.15) is 32.8 Å². The van der Waals surface area contributed by atoms with Crippen LogP contribution in [0.3, 0.4) is 0 Å². The van der Waals surface area contributed by atoms with E-state index in [9.17, 15) is 4.79 Å². The third-order valence-corrected chi connectivity index (χ3v) is 5.66. The molecule has 0 radical (unpaired) electrons. The number of aromatic nitrogens is 2. The Hall–Kier alpha value is -2.73. The first-order valence-electron chi connectivity index (χ1n) is 10.6. The molecule has 1 amide bonds. The van der Waals surface area contributed by atoms with Gasteiger partial charge in [-0.3, -0.25) is 4.57 Å². The summed E-state index contributed by atoms with van der Waals surface area (Å²) in [6.45, 7) is 8.01. The van der Waals surface area contributed by atoms with Gasteiger partial charge in [-0.1, -0.05) is 41.9 Å². The second-order valence-corrected chi connectivity index (χ2v) is 9.36. The van der Waals surface area contributed by atoms with Crippen molar-refractivity contribution in [2.75, 3.05) is 19.7 Å². The third-order valence-electron chi connectivity index (χ3n) is 5.29. The second kappa shape index (κ2) is 8.79. The van der Waals surface area contributed by atoms with E-state index in [1.54, 1.807) is 4.90 Å². The summed E-state index contributed by atoms with van der Waals surface area (Å²) in [5.41, 5.74) is 2.40. The van der Waals surface area contributed by atoms with Gasteiger partial charge in [0, 0.05) is 24.0 Å². The van der Waals surface area contributed by atoms with Crippen LogP contribution < -0.4 is 4.74 Å². The van der Waals surface area contributed by atoms with Crippen molar-refractivity contribution in [1.82, 2.24) is 14.5 Å². The highest BCUT2D eigenvalue weighted by molar-refractivity contribution is 6.31. The molecule has 1 fully saturated rings. The fourth-order valence-corrected chi connectivity index (χ4v) is 3.96. The molecule has 1 aliphatic rings. The highest BCUT2D eigenvalue weighted by Gasteiger charge is 2.30. The molecule has 0 saturated carbocycles. The lowest BCUT2D eigenvalue weighted by atomic mass is 10.1. The minimum Gasteiger partial charge on any atom is -0.464 e. The van der Waals surface area contributed by atoms with Gasteiger partial charge in [-0.2, -0.15) is 4.98 Å². The standard InChI is InChI=1S/C24H28ClN3O3/c1-24(2,3)31-23(29)27-13-12-17(14-27)16-30-22-26-20-10-6-7-11-21(20)28(22)15-18-8-4-5-9-19(18)25/h4-11,17H,12-16H2,1-3H3. The number of rotatable bonds is 5. The van der Waals surface area contributed by atoms with Crippen LogP contribution in [0.4, 0.5) is 4.79 Å². The number of halogens is 1. The highest BCUT2D eigenvalue weighted by atomic mass is 35.5. The maximum Gasteiger partial charge on any atom is 0.410 e. The zero-order chi connectivity index (χ0) is 22.0. The van der Waals surface area contributed by atoms with Crippen molar-refractivity contribution < 1.29 is 14.3 Å². The molecule has 1 saturated heterocycles. The average Bonchev–Trinajstić information content (AvgIpc) is 3.32. The number of benzene rings is 2. The fraction of sp³-hybridized carbons (Fsp3) is 0.417. The molecule has 2 heterocycles. The van der Waals surface area contributed by atoms with Crippen LogP contribution in [-0.2, 0) is 11.3 Å². The van der Waals surface area contributed by atoms with Crippen molar-refractivity contribution >= 4 is 28.7 Å². The zero-order valence-corrected chi connectivity index (χ0v) is 18.9. The number of imidazole rings is 1. The minimum absolute atomic E-state index is 0.237. The van der Waals surface area contributed by atoms with Gasteiger partial charge in [-0.15, -0.1) is 0 Å². The quantitative estimate of drug-likeness (QED) is 0.533. The summed E-state index contributed by atoms with van der Waals surface area (Å²) < 4.78 is 13.7. The first kappa shape index (κ1) is 21.5. The largest absolute Gasteiger partial charge is 0.464 e. The van der Waals surface area contributed by atoms with E-state index < -0.39 is 5.60 Å². The molecule has 1 aromatic heterocycles. The number of para-hydroxylation sites is 2. The van der Waals surface area contributed by atoms with Gasteiger partial charge in [0.1, 0.15) is 5.60 Å². The van der Waals surface area contributed by atoms with Crippen LogP contribution in [0.2, 0.25) is 5.02 Å². The van der Waals surface area contributed by atoms with Crippen LogP contribution >= 0.6 is 11.6 Å². The Kier molecular flexibility index (Phi) is 6.10. The molecule has 0 N–H and O–H groups in total. The number of likely N-dealkylation sites (tertiary alicyclic amines) is 1. The van der Waals surface area contributed by atoms with Gasteiger partial charge < -0.3 is 14.4 Å². The van der Waals surface area contributed by atoms with E-state index in [2.05, 4.69) is 4.57 Å². The lowest BCUT2D eigenvalue weighted by Gasteiger charge is -2.24. The molecule has 0 spiro atoms. The molecular weight excluding hydrogens is 414 g/mol. The van der Waals surface area contributed by atoms with Crippen molar-refractivity contribution in [2.45, 2.75) is 39.3 Å². The van der Waals surface area contributed by atoms with E-state index in [1.807, 2.05) is 69.3 Å². The number of carbonyl (C=O) groups is 1. The van der Waals surface area contributed by atoms with Gasteiger partial charge in [0.25, 0.3) is 6.01 Å². The van der Waals surface area contributed by atoms with E-state index in [-0.39, 0.29) is 12.0 Å². The molecule has 0 aliphatic carbocycles. The number of carbonyl (C=O) groups excluding carboxylic acids is 1. The molecule has 4 rings (SSSR count). The maximum absolute atomic E-state index is 12.3. The SMILES string of the molecule is CC(C)(C)OC(=O)N1CCC(COc2nc3ccccc3n2Cc2ccccc2Cl)C1. The monoisotopic (exact) mass is 441 g/mol. The number of nitrogens with zero attached hydrogens (tertiary/aromatic N) is 3. The first-order chi connectivity index (χ1) is 14.8. The maximum atomic E-state index is 12.3. The van der Waals surface area contributed by atoms with Crippen molar-refractivity contribution in [3.05, 3.63) is 59.1 Å². The van der Waals surface area contributed by atoms with Gasteiger partial charge in [0.15, 0.2) is 0 Å². The number of ether oxygens (including phenoxy) is 2. The average molecular weight is 442 g/mol. The number of amides is 1. The predicted molar refractivity (Wildman–Crippen MR) is 122 cm³/mol. The fourth-order valence-electron chi connectivity index (χ4n) is 3.77. The van der Waals surface area contributed by atoms with E-state index in [0.29, 0.717) is 32.3 Å². The van der Waals surface area contributed by atoms with Gasteiger partial charge in [0.2, 0.25) is 0 Å². The summed E-state index contributed by atoms with van der Waals surface area (Å²) in [5.74, 6) is 0.237. The summed E-state index contributed by atoms with van der Waals surface area (Å²) in [6, 6.07) is 16.3. The van der Waals surface area contributed by atoms with E-state index in [4.69, 9.17) is 26.1 Å². The summed E-state index contributed by atoms with van der Waals surface area (Å²) in [5, 5.41) is 0.718. The molecule has 6 nitrogen and oxygen atoms in total. The van der Waals surface area contributed by atoms with E-state index in [0.717, 1.165) is 28.0 Å². The molecule has 164 valence electrons. The van der Waals surface area contributed by atoms with Gasteiger partial charge in [-0.05, 0) is 51.0 Å². The third kappa shape index (κ3) is 5.13. The van der Waals surface area contributed by atoms with Crippen molar-refractivity contribution in [2.24, 2.45) is 5.92 Å². The summed E-state index contributed by atoms with van der Waals surface area (Å²) >= 11 is 6.39. The molecular formula is C24H28ClN3O3. The second-order valence-electron chi connectivity index (χ2n) is 8.95. The Labute approximate surface area is 187 Å². The van der Waals surface area contributed by atoms with Crippen LogP contribution in [0.25, 0.3) is 11.0 Å². The Bertz CT molecular complexity index is 1070. The first-order valence-corrected chi connectivity index (χ1v) is 11.0. The van der Waals surface area contributed by atoms with Crippen LogP contribution in [0.5, 0.6) is 6.01 Å². The molecule has 1 aliphatic heterocycles. The predicted octanol–water partition coefficient (Wildman–Crippen LogP) is 5.37. The molecule has 3 aromatic rings. The molecule has 0 bridgehead atoms. The normalized spacial score (nSPS) is 16.6. The Balaban J connectivity index is 1.47. The molecule has 1 unspecified atom stereocenters. The smallest absolute Gasteiger partial charge is 0.410 e. The lowest BCUT2D eigenvalue weighted by molar-refractivity contribution is 0.0284.